The number of ketones is 1. The summed E-state index contributed by atoms with van der Waals surface area (Å²) in [5.41, 5.74) is 3.01. The number of hydrogen-bond donors (Lipinski definition) is 1. The van der Waals surface area contributed by atoms with E-state index in [-0.39, 0.29) is 28.4 Å². The second-order valence-electron chi connectivity index (χ2n) is 10.7. The van der Waals surface area contributed by atoms with Crippen LogP contribution in [0, 0.1) is 0 Å². The maximum atomic E-state index is 13.9. The summed E-state index contributed by atoms with van der Waals surface area (Å²) >= 11 is 0. The minimum atomic E-state index is -3.89. The summed E-state index contributed by atoms with van der Waals surface area (Å²) < 4.78 is 36.2. The Hall–Kier alpha value is -4.24. The van der Waals surface area contributed by atoms with Gasteiger partial charge in [0.2, 0.25) is 0 Å². The molecule has 2 aliphatic carbocycles. The predicted octanol–water partition coefficient (Wildman–Crippen LogP) is 5.09. The molecule has 0 saturated heterocycles. The van der Waals surface area contributed by atoms with Gasteiger partial charge in [-0.25, -0.2) is 13.4 Å². The van der Waals surface area contributed by atoms with Crippen molar-refractivity contribution < 1.29 is 22.7 Å². The summed E-state index contributed by atoms with van der Waals surface area (Å²) in [7, 11) is -3.89. The zero-order valence-corrected chi connectivity index (χ0v) is 23.3. The number of amides is 1. The number of ether oxygens (including phenoxy) is 1. The fourth-order valence-electron chi connectivity index (χ4n) is 5.27. The van der Waals surface area contributed by atoms with Gasteiger partial charge in [0.1, 0.15) is 11.9 Å². The van der Waals surface area contributed by atoms with Crippen molar-refractivity contribution in [1.29, 1.82) is 0 Å². The molecular formula is C32H31N3O5S. The van der Waals surface area contributed by atoms with Gasteiger partial charge < -0.3 is 14.6 Å². The second-order valence-corrected chi connectivity index (χ2v) is 12.6. The van der Waals surface area contributed by atoms with E-state index in [0.29, 0.717) is 48.2 Å². The molecule has 6 rings (SSSR count). The molecule has 0 radical (unpaired) electrons. The molecule has 1 heterocycles. The van der Waals surface area contributed by atoms with Crippen molar-refractivity contribution in [3.8, 4) is 5.75 Å². The van der Waals surface area contributed by atoms with Crippen LogP contribution in [-0.2, 0) is 28.6 Å². The van der Waals surface area contributed by atoms with Crippen molar-refractivity contribution in [3.05, 3.63) is 113 Å². The first-order valence-corrected chi connectivity index (χ1v) is 15.5. The van der Waals surface area contributed by atoms with Crippen LogP contribution < -0.4 is 10.1 Å². The van der Waals surface area contributed by atoms with Gasteiger partial charge >= 0.3 is 0 Å². The third-order valence-electron chi connectivity index (χ3n) is 7.60. The molecule has 1 atom stereocenters. The molecule has 8 nitrogen and oxygen atoms in total. The summed E-state index contributed by atoms with van der Waals surface area (Å²) in [5.74, 6) is -0.188. The average Bonchev–Trinajstić information content (AvgIpc) is 3.65. The first-order valence-electron chi connectivity index (χ1n) is 13.9. The van der Waals surface area contributed by atoms with Crippen molar-refractivity contribution in [2.75, 3.05) is 0 Å². The SMILES string of the molecule is O=C(NC1CC1)c1cccc(S(=O)(=O)Cc2c(O[C@H](Cn3ccnc3)c3ccccc3)ccc3c2CCCC3=O)c1. The quantitative estimate of drug-likeness (QED) is 0.285. The Kier molecular flexibility index (Phi) is 7.45. The van der Waals surface area contributed by atoms with Crippen molar-refractivity contribution in [2.24, 2.45) is 0 Å². The molecule has 1 aromatic heterocycles. The number of imidazole rings is 1. The molecule has 0 spiro atoms. The Labute approximate surface area is 239 Å². The van der Waals surface area contributed by atoms with E-state index in [1.807, 2.05) is 41.1 Å². The number of nitrogens with one attached hydrogen (secondary N) is 1. The number of rotatable bonds is 10. The second kappa shape index (κ2) is 11.3. The highest BCUT2D eigenvalue weighted by Crippen LogP contribution is 2.36. The standard InChI is InChI=1S/C32H31N3O5S/c36-29-11-5-10-26-27(29)14-15-30(40-31(19-35-17-16-33-21-35)22-6-2-1-3-7-22)28(26)20-41(38,39)25-9-4-8-23(18-25)32(37)34-24-12-13-24/h1-4,6-9,14-18,21,24,31H,5,10-13,19-20H2,(H,34,37)/t31-/m1/s1. The molecule has 9 heteroatoms. The van der Waals surface area contributed by atoms with Crippen molar-refractivity contribution >= 4 is 21.5 Å². The van der Waals surface area contributed by atoms with E-state index in [9.17, 15) is 18.0 Å². The zero-order chi connectivity index (χ0) is 28.4. The van der Waals surface area contributed by atoms with Gasteiger partial charge in [-0.05, 0) is 67.1 Å². The van der Waals surface area contributed by atoms with Crippen LogP contribution >= 0.6 is 0 Å². The van der Waals surface area contributed by atoms with Crippen LogP contribution in [-0.4, -0.2) is 35.7 Å². The lowest BCUT2D eigenvalue weighted by molar-refractivity contribution is 0.0948. The van der Waals surface area contributed by atoms with Crippen LogP contribution in [0.1, 0.15) is 69.2 Å². The number of carbonyl (C=O) groups is 2. The fraction of sp³-hybridized carbons (Fsp3) is 0.281. The summed E-state index contributed by atoms with van der Waals surface area (Å²) in [4.78, 5) is 29.6. The molecule has 41 heavy (non-hydrogen) atoms. The molecule has 2 aliphatic rings. The first-order chi connectivity index (χ1) is 19.9. The summed E-state index contributed by atoms with van der Waals surface area (Å²) in [6, 6.07) is 19.5. The monoisotopic (exact) mass is 569 g/mol. The normalized spacial score (nSPS) is 15.7. The largest absolute Gasteiger partial charge is 0.484 e. The highest BCUT2D eigenvalue weighted by atomic mass is 32.2. The van der Waals surface area contributed by atoms with Crippen LogP contribution in [0.3, 0.4) is 0 Å². The number of benzene rings is 3. The number of Topliss-reactive ketones (excluding diaryl/α,β-unsaturated/α-hetero) is 1. The highest BCUT2D eigenvalue weighted by Gasteiger charge is 2.29. The van der Waals surface area contributed by atoms with Gasteiger partial charge in [-0.2, -0.15) is 0 Å². The highest BCUT2D eigenvalue weighted by molar-refractivity contribution is 7.90. The number of hydrogen-bond acceptors (Lipinski definition) is 6. The Morgan fingerprint density at radius 1 is 1.05 bits per heavy atom. The Balaban J connectivity index is 1.37. The lowest BCUT2D eigenvalue weighted by Crippen LogP contribution is -2.25. The van der Waals surface area contributed by atoms with E-state index in [2.05, 4.69) is 10.3 Å². The van der Waals surface area contributed by atoms with Gasteiger partial charge in [0.25, 0.3) is 5.91 Å². The van der Waals surface area contributed by atoms with Crippen molar-refractivity contribution in [1.82, 2.24) is 14.9 Å². The molecule has 1 amide bonds. The number of sulfone groups is 1. The Bertz CT molecular complexity index is 1680. The number of carbonyl (C=O) groups excluding carboxylic acids is 2. The minimum Gasteiger partial charge on any atom is -0.484 e. The molecule has 3 aromatic carbocycles. The Morgan fingerprint density at radius 2 is 1.88 bits per heavy atom. The minimum absolute atomic E-state index is 0.00761. The molecule has 1 fully saturated rings. The van der Waals surface area contributed by atoms with E-state index in [4.69, 9.17) is 4.74 Å². The van der Waals surface area contributed by atoms with Crippen LogP contribution in [0.5, 0.6) is 5.75 Å². The number of fused-ring (bicyclic) bond motifs is 1. The van der Waals surface area contributed by atoms with Crippen LogP contribution in [0.4, 0.5) is 0 Å². The fourth-order valence-corrected chi connectivity index (χ4v) is 6.72. The number of nitrogens with zero attached hydrogens (tertiary/aromatic N) is 2. The molecule has 0 aliphatic heterocycles. The molecule has 210 valence electrons. The van der Waals surface area contributed by atoms with E-state index in [0.717, 1.165) is 24.0 Å². The predicted molar refractivity (Wildman–Crippen MR) is 154 cm³/mol. The lowest BCUT2D eigenvalue weighted by atomic mass is 9.87. The van der Waals surface area contributed by atoms with Crippen LogP contribution in [0.2, 0.25) is 0 Å². The third-order valence-corrected chi connectivity index (χ3v) is 9.24. The third kappa shape index (κ3) is 6.10. The molecule has 4 aromatic rings. The first kappa shape index (κ1) is 27.0. The van der Waals surface area contributed by atoms with Gasteiger partial charge in [-0.3, -0.25) is 9.59 Å². The van der Waals surface area contributed by atoms with Gasteiger partial charge in [0.15, 0.2) is 15.6 Å². The van der Waals surface area contributed by atoms with Crippen LogP contribution in [0.15, 0.2) is 90.3 Å². The van der Waals surface area contributed by atoms with E-state index < -0.39 is 15.9 Å². The average molecular weight is 570 g/mol. The summed E-state index contributed by atoms with van der Waals surface area (Å²) in [6.07, 6.45) is 8.38. The van der Waals surface area contributed by atoms with Crippen molar-refractivity contribution in [2.45, 2.75) is 61.4 Å². The maximum Gasteiger partial charge on any atom is 0.251 e. The molecular weight excluding hydrogens is 538 g/mol. The molecule has 1 saturated carbocycles. The molecule has 0 bridgehead atoms. The number of aromatic nitrogens is 2. The molecule has 0 unspecified atom stereocenters. The lowest BCUT2D eigenvalue weighted by Gasteiger charge is -2.26. The zero-order valence-electron chi connectivity index (χ0n) is 22.5. The Morgan fingerprint density at radius 3 is 2.63 bits per heavy atom. The van der Waals surface area contributed by atoms with Gasteiger partial charge in [0, 0.05) is 41.5 Å². The smallest absolute Gasteiger partial charge is 0.251 e. The van der Waals surface area contributed by atoms with Crippen molar-refractivity contribution in [3.63, 3.8) is 0 Å². The van der Waals surface area contributed by atoms with E-state index in [1.165, 1.54) is 12.1 Å². The molecule has 1 N–H and O–H groups in total. The topological polar surface area (TPSA) is 107 Å². The summed E-state index contributed by atoms with van der Waals surface area (Å²) in [5, 5.41) is 2.91. The van der Waals surface area contributed by atoms with Gasteiger partial charge in [-0.15, -0.1) is 0 Å². The van der Waals surface area contributed by atoms with Gasteiger partial charge in [-0.1, -0.05) is 36.4 Å². The van der Waals surface area contributed by atoms with Crippen LogP contribution in [0.25, 0.3) is 0 Å². The van der Waals surface area contributed by atoms with Gasteiger partial charge in [0.05, 0.1) is 23.5 Å². The maximum absolute atomic E-state index is 13.9. The van der Waals surface area contributed by atoms with E-state index >= 15 is 0 Å². The van der Waals surface area contributed by atoms with E-state index in [1.54, 1.807) is 36.8 Å². The summed E-state index contributed by atoms with van der Waals surface area (Å²) in [6.45, 7) is 0.463.